The number of phenols is 1. The molecule has 1 atom stereocenters. The maximum atomic E-state index is 13.3. The lowest BCUT2D eigenvalue weighted by Gasteiger charge is -2.21. The zero-order valence-electron chi connectivity index (χ0n) is 17.2. The van der Waals surface area contributed by atoms with E-state index in [0.717, 1.165) is 17.4 Å². The maximum Gasteiger partial charge on any atom is 0.451 e. The lowest BCUT2D eigenvalue weighted by atomic mass is 9.90. The minimum absolute atomic E-state index is 0.0591. The number of carbonyl (C=O) groups excluding carboxylic acids is 2. The van der Waals surface area contributed by atoms with E-state index < -0.39 is 51.3 Å². The number of nitrogens with one attached hydrogen (secondary N) is 1. The molecule has 7 nitrogen and oxygen atoms in total. The number of anilines is 1. The molecule has 0 aliphatic heterocycles. The van der Waals surface area contributed by atoms with Crippen molar-refractivity contribution < 1.29 is 41.0 Å². The summed E-state index contributed by atoms with van der Waals surface area (Å²) in [5.41, 5.74) is -0.949. The number of thiophene rings is 1. The number of alkyl halides is 3. The van der Waals surface area contributed by atoms with E-state index in [2.05, 4.69) is 4.72 Å². The third kappa shape index (κ3) is 5.11. The molecule has 0 aliphatic rings. The summed E-state index contributed by atoms with van der Waals surface area (Å²) in [6.45, 7) is 2.77. The topological polar surface area (TPSA) is 110 Å². The molecule has 1 aromatic heterocycles. The van der Waals surface area contributed by atoms with Gasteiger partial charge in [-0.05, 0) is 31.4 Å². The van der Waals surface area contributed by atoms with E-state index in [1.807, 2.05) is 0 Å². The lowest BCUT2D eigenvalue weighted by Crippen LogP contribution is -2.35. The van der Waals surface area contributed by atoms with Crippen LogP contribution in [0.1, 0.15) is 25.3 Å². The van der Waals surface area contributed by atoms with Crippen molar-refractivity contribution in [2.45, 2.75) is 36.3 Å². The first-order valence-corrected chi connectivity index (χ1v) is 11.8. The number of phenolic OH excluding ortho intramolecular Hbond substituents is 1. The molecule has 0 aliphatic carbocycles. The van der Waals surface area contributed by atoms with Gasteiger partial charge in [0.25, 0.3) is 15.8 Å². The standard InChI is InChI=1S/C21H18F3NO6S2/c1-11(2)31-20(28)17(19(27)21(22,23)24)14-10-15(12-6-3-4-7-13(12)18(14)26)25-33(29,30)16-8-5-9-32-16/h3-11,17,25-26H,1-2H3/t17-/m0/s1. The van der Waals surface area contributed by atoms with Crippen LogP contribution in [0.15, 0.2) is 52.1 Å². The second-order valence-corrected chi connectivity index (χ2v) is 10.1. The third-order valence-electron chi connectivity index (χ3n) is 4.49. The van der Waals surface area contributed by atoms with Gasteiger partial charge in [0.15, 0.2) is 5.92 Å². The van der Waals surface area contributed by atoms with Gasteiger partial charge >= 0.3 is 12.1 Å². The Balaban J connectivity index is 2.25. The van der Waals surface area contributed by atoms with Crippen molar-refractivity contribution in [3.05, 3.63) is 53.4 Å². The normalized spacial score (nSPS) is 13.2. The monoisotopic (exact) mass is 501 g/mol. The van der Waals surface area contributed by atoms with Crippen molar-refractivity contribution in [1.82, 2.24) is 0 Å². The van der Waals surface area contributed by atoms with Crippen LogP contribution in [0, 0.1) is 0 Å². The predicted molar refractivity (Wildman–Crippen MR) is 116 cm³/mol. The van der Waals surface area contributed by atoms with Crippen LogP contribution in [0.3, 0.4) is 0 Å². The molecule has 176 valence electrons. The summed E-state index contributed by atoms with van der Waals surface area (Å²) >= 11 is 0.911. The Morgan fingerprint density at radius 1 is 1.09 bits per heavy atom. The van der Waals surface area contributed by atoms with Crippen LogP contribution < -0.4 is 4.72 Å². The summed E-state index contributed by atoms with van der Waals surface area (Å²) in [4.78, 5) is 24.7. The van der Waals surface area contributed by atoms with E-state index in [4.69, 9.17) is 4.74 Å². The molecule has 3 rings (SSSR count). The number of benzene rings is 2. The molecule has 12 heteroatoms. The van der Waals surface area contributed by atoms with Gasteiger partial charge in [0.2, 0.25) is 0 Å². The van der Waals surface area contributed by atoms with Crippen molar-refractivity contribution in [3.63, 3.8) is 0 Å². The molecule has 0 radical (unpaired) electrons. The lowest BCUT2D eigenvalue weighted by molar-refractivity contribution is -0.178. The number of halogens is 3. The molecule has 33 heavy (non-hydrogen) atoms. The molecule has 0 amide bonds. The Morgan fingerprint density at radius 2 is 1.73 bits per heavy atom. The van der Waals surface area contributed by atoms with Crippen LogP contribution in [0.4, 0.5) is 18.9 Å². The highest BCUT2D eigenvalue weighted by Gasteiger charge is 2.49. The largest absolute Gasteiger partial charge is 0.507 e. The van der Waals surface area contributed by atoms with Gasteiger partial charge < -0.3 is 9.84 Å². The van der Waals surface area contributed by atoms with Crippen molar-refractivity contribution >= 4 is 49.6 Å². The van der Waals surface area contributed by atoms with E-state index in [-0.39, 0.29) is 20.7 Å². The number of aromatic hydroxyl groups is 1. The molecule has 3 aromatic rings. The Hall–Kier alpha value is -3.12. The highest BCUT2D eigenvalue weighted by Crippen LogP contribution is 2.41. The summed E-state index contributed by atoms with van der Waals surface area (Å²) in [5.74, 6) is -7.30. The highest BCUT2D eigenvalue weighted by molar-refractivity contribution is 7.94. The first-order chi connectivity index (χ1) is 15.3. The summed E-state index contributed by atoms with van der Waals surface area (Å²) < 4.78 is 72.5. The summed E-state index contributed by atoms with van der Waals surface area (Å²) in [6, 6.07) is 9.40. The Labute approximate surface area is 190 Å². The van der Waals surface area contributed by atoms with Crippen LogP contribution in [-0.2, 0) is 24.3 Å². The minimum atomic E-state index is -5.42. The number of rotatable bonds is 7. The number of hydrogen-bond acceptors (Lipinski definition) is 7. The first kappa shape index (κ1) is 24.5. The number of sulfonamides is 1. The van der Waals surface area contributed by atoms with Crippen molar-refractivity contribution in [2.24, 2.45) is 0 Å². The number of esters is 1. The molecular weight excluding hydrogens is 483 g/mol. The Kier molecular flexibility index (Phi) is 6.70. The number of fused-ring (bicyclic) bond motifs is 1. The number of Topliss-reactive ketones (excluding diaryl/α,β-unsaturated/α-hetero) is 1. The number of hydrogen-bond donors (Lipinski definition) is 2. The highest BCUT2D eigenvalue weighted by atomic mass is 32.2. The number of ether oxygens (including phenoxy) is 1. The Morgan fingerprint density at radius 3 is 2.27 bits per heavy atom. The first-order valence-electron chi connectivity index (χ1n) is 9.45. The van der Waals surface area contributed by atoms with Gasteiger partial charge in [0.1, 0.15) is 9.96 Å². The van der Waals surface area contributed by atoms with Gasteiger partial charge in [0.05, 0.1) is 11.8 Å². The molecule has 0 bridgehead atoms. The molecule has 0 saturated heterocycles. The zero-order chi connectivity index (χ0) is 24.6. The minimum Gasteiger partial charge on any atom is -0.507 e. The smallest absolute Gasteiger partial charge is 0.451 e. The summed E-state index contributed by atoms with van der Waals surface area (Å²) in [5, 5.41) is 12.3. The average molecular weight is 502 g/mol. The van der Waals surface area contributed by atoms with Gasteiger partial charge in [-0.25, -0.2) is 8.42 Å². The fraction of sp³-hybridized carbons (Fsp3) is 0.238. The molecule has 0 saturated carbocycles. The number of carbonyl (C=O) groups is 2. The van der Waals surface area contributed by atoms with Gasteiger partial charge in [-0.3, -0.25) is 14.3 Å². The van der Waals surface area contributed by atoms with Gasteiger partial charge in [-0.2, -0.15) is 13.2 Å². The van der Waals surface area contributed by atoms with Crippen LogP contribution in [-0.4, -0.2) is 37.6 Å². The van der Waals surface area contributed by atoms with Crippen LogP contribution in [0.2, 0.25) is 0 Å². The molecule has 0 unspecified atom stereocenters. The summed E-state index contributed by atoms with van der Waals surface area (Å²) in [6.07, 6.45) is -6.27. The van der Waals surface area contributed by atoms with Gasteiger partial charge in [-0.1, -0.05) is 30.3 Å². The molecule has 2 N–H and O–H groups in total. The van der Waals surface area contributed by atoms with Crippen molar-refractivity contribution in [1.29, 1.82) is 0 Å². The summed E-state index contributed by atoms with van der Waals surface area (Å²) in [7, 11) is -4.14. The molecule has 0 spiro atoms. The maximum absolute atomic E-state index is 13.3. The predicted octanol–water partition coefficient (Wildman–Crippen LogP) is 4.57. The second-order valence-electron chi connectivity index (χ2n) is 7.23. The van der Waals surface area contributed by atoms with Crippen LogP contribution in [0.25, 0.3) is 10.8 Å². The van der Waals surface area contributed by atoms with Crippen molar-refractivity contribution in [3.8, 4) is 5.75 Å². The fourth-order valence-electron chi connectivity index (χ4n) is 3.14. The number of ketones is 1. The zero-order valence-corrected chi connectivity index (χ0v) is 18.8. The third-order valence-corrected chi connectivity index (χ3v) is 7.25. The molecule has 1 heterocycles. The fourth-order valence-corrected chi connectivity index (χ4v) is 5.20. The van der Waals surface area contributed by atoms with E-state index in [1.165, 1.54) is 55.6 Å². The van der Waals surface area contributed by atoms with E-state index in [9.17, 15) is 36.3 Å². The van der Waals surface area contributed by atoms with Crippen LogP contribution in [0.5, 0.6) is 5.75 Å². The molecule has 2 aromatic carbocycles. The van der Waals surface area contributed by atoms with Crippen molar-refractivity contribution in [2.75, 3.05) is 4.72 Å². The Bertz CT molecular complexity index is 1300. The quantitative estimate of drug-likeness (QED) is 0.279. The van der Waals surface area contributed by atoms with Crippen LogP contribution >= 0.6 is 11.3 Å². The van der Waals surface area contributed by atoms with E-state index in [0.29, 0.717) is 0 Å². The van der Waals surface area contributed by atoms with E-state index >= 15 is 0 Å². The average Bonchev–Trinajstić information content (AvgIpc) is 3.26. The second kappa shape index (κ2) is 9.02. The van der Waals surface area contributed by atoms with E-state index in [1.54, 1.807) is 0 Å². The van der Waals surface area contributed by atoms with Gasteiger partial charge in [-0.15, -0.1) is 11.3 Å². The molecule has 0 fully saturated rings. The van der Waals surface area contributed by atoms with Gasteiger partial charge in [0, 0.05) is 16.3 Å². The molecular formula is C21H18F3NO6S2. The SMILES string of the molecule is CC(C)OC(=O)[C@H](C(=O)C(F)(F)F)c1cc(NS(=O)(=O)c2cccs2)c2ccccc2c1O.